The predicted molar refractivity (Wildman–Crippen MR) is 101 cm³/mol. The molecular formula is C21H18FN3O2. The van der Waals surface area contributed by atoms with E-state index in [1.54, 1.807) is 49.5 Å². The van der Waals surface area contributed by atoms with E-state index in [0.29, 0.717) is 22.7 Å². The van der Waals surface area contributed by atoms with Crippen LogP contribution >= 0.6 is 0 Å². The number of hydrogen-bond donors (Lipinski definition) is 1. The highest BCUT2D eigenvalue weighted by Gasteiger charge is 2.12. The number of rotatable bonds is 6. The third kappa shape index (κ3) is 4.98. The van der Waals surface area contributed by atoms with Gasteiger partial charge in [0.05, 0.1) is 17.0 Å². The molecule has 1 N–H and O–H groups in total. The number of carbonyl (C=O) groups is 1. The zero-order valence-electron chi connectivity index (χ0n) is 14.7. The lowest BCUT2D eigenvalue weighted by atomic mass is 10.2. The number of nitrogens with one attached hydrogen (secondary N) is 1. The normalized spacial score (nSPS) is 11.1. The summed E-state index contributed by atoms with van der Waals surface area (Å²) in [4.78, 5) is 16.7. The molecule has 0 aliphatic rings. The third-order valence-corrected chi connectivity index (χ3v) is 3.80. The Bertz CT molecular complexity index is 941. The van der Waals surface area contributed by atoms with Gasteiger partial charge in [0.15, 0.2) is 0 Å². The van der Waals surface area contributed by atoms with Crippen LogP contribution in [-0.2, 0) is 6.61 Å². The number of aromatic nitrogens is 1. The summed E-state index contributed by atoms with van der Waals surface area (Å²) in [6.45, 7) is 1.99. The monoisotopic (exact) mass is 363 g/mol. The second kappa shape index (κ2) is 8.71. The van der Waals surface area contributed by atoms with Crippen molar-refractivity contribution in [1.82, 2.24) is 10.4 Å². The minimum atomic E-state index is -0.389. The van der Waals surface area contributed by atoms with Crippen molar-refractivity contribution in [3.05, 3.63) is 95.6 Å². The summed E-state index contributed by atoms with van der Waals surface area (Å²) in [6, 6.07) is 18.4. The van der Waals surface area contributed by atoms with Crippen molar-refractivity contribution in [3.63, 3.8) is 0 Å². The van der Waals surface area contributed by atoms with Gasteiger partial charge in [-0.2, -0.15) is 5.10 Å². The van der Waals surface area contributed by atoms with Gasteiger partial charge in [0.1, 0.15) is 18.2 Å². The number of pyridine rings is 1. The first-order valence-electron chi connectivity index (χ1n) is 8.36. The van der Waals surface area contributed by atoms with Crippen LogP contribution < -0.4 is 10.2 Å². The van der Waals surface area contributed by atoms with Gasteiger partial charge >= 0.3 is 0 Å². The highest BCUT2D eigenvalue weighted by molar-refractivity contribution is 6.00. The molecule has 0 saturated heterocycles. The Hall–Kier alpha value is -3.54. The zero-order chi connectivity index (χ0) is 19.1. The van der Waals surface area contributed by atoms with E-state index in [4.69, 9.17) is 4.74 Å². The molecule has 0 spiro atoms. The van der Waals surface area contributed by atoms with E-state index in [1.807, 2.05) is 18.2 Å². The van der Waals surface area contributed by atoms with E-state index >= 15 is 0 Å². The van der Waals surface area contributed by atoms with Crippen molar-refractivity contribution in [2.45, 2.75) is 13.5 Å². The van der Waals surface area contributed by atoms with Gasteiger partial charge in [0, 0.05) is 6.20 Å². The first-order chi connectivity index (χ1) is 13.1. The van der Waals surface area contributed by atoms with E-state index in [9.17, 15) is 9.18 Å². The van der Waals surface area contributed by atoms with Crippen LogP contribution in [0.3, 0.4) is 0 Å². The molecule has 0 aliphatic carbocycles. The van der Waals surface area contributed by atoms with Gasteiger partial charge in [-0.15, -0.1) is 0 Å². The van der Waals surface area contributed by atoms with Crippen LogP contribution in [0.4, 0.5) is 4.39 Å². The Morgan fingerprint density at radius 2 is 1.81 bits per heavy atom. The number of hydrazone groups is 1. The fourth-order valence-corrected chi connectivity index (χ4v) is 2.35. The van der Waals surface area contributed by atoms with E-state index in [1.165, 1.54) is 12.1 Å². The molecule has 136 valence electrons. The van der Waals surface area contributed by atoms with Gasteiger partial charge in [0.2, 0.25) is 0 Å². The first-order valence-corrected chi connectivity index (χ1v) is 8.36. The minimum absolute atomic E-state index is 0.223. The number of amides is 1. The van der Waals surface area contributed by atoms with Crippen LogP contribution in [0.5, 0.6) is 5.75 Å². The average Bonchev–Trinajstić information content (AvgIpc) is 2.72. The van der Waals surface area contributed by atoms with E-state index in [0.717, 1.165) is 5.56 Å². The molecule has 27 heavy (non-hydrogen) atoms. The summed E-state index contributed by atoms with van der Waals surface area (Å²) in [7, 11) is 0. The number of para-hydroxylation sites is 1. The van der Waals surface area contributed by atoms with Crippen molar-refractivity contribution in [3.8, 4) is 5.75 Å². The summed E-state index contributed by atoms with van der Waals surface area (Å²) in [5.41, 5.74) is 4.95. The SMILES string of the molecule is C/C(=N\NC(=O)c1ccccc1OCc1ccc(F)cc1)c1ccccn1. The molecule has 1 aromatic heterocycles. The standard InChI is InChI=1S/C21H18FN3O2/c1-15(19-7-4-5-13-23-19)24-25-21(26)18-6-2-3-8-20(18)27-14-16-9-11-17(22)12-10-16/h2-13H,14H2,1H3,(H,25,26)/b24-15+. The smallest absolute Gasteiger partial charge is 0.275 e. The quantitative estimate of drug-likeness (QED) is 0.533. The summed E-state index contributed by atoms with van der Waals surface area (Å²) in [5, 5.41) is 4.10. The second-order valence-corrected chi connectivity index (χ2v) is 5.76. The summed E-state index contributed by atoms with van der Waals surface area (Å²) >= 11 is 0. The van der Waals surface area contributed by atoms with Crippen molar-refractivity contribution >= 4 is 11.6 Å². The van der Waals surface area contributed by atoms with E-state index in [2.05, 4.69) is 15.5 Å². The van der Waals surface area contributed by atoms with E-state index < -0.39 is 0 Å². The minimum Gasteiger partial charge on any atom is -0.488 e. The summed E-state index contributed by atoms with van der Waals surface area (Å²) < 4.78 is 18.7. The maximum atomic E-state index is 13.0. The molecule has 0 atom stereocenters. The van der Waals surface area contributed by atoms with Crippen molar-refractivity contribution in [2.75, 3.05) is 0 Å². The number of benzene rings is 2. The molecule has 0 unspecified atom stereocenters. The summed E-state index contributed by atoms with van der Waals surface area (Å²) in [5.74, 6) is -0.273. The molecule has 0 saturated carbocycles. The van der Waals surface area contributed by atoms with Gasteiger partial charge in [-0.1, -0.05) is 30.3 Å². The molecule has 0 radical (unpaired) electrons. The predicted octanol–water partition coefficient (Wildman–Crippen LogP) is 3.95. The summed E-state index contributed by atoms with van der Waals surface area (Å²) in [6.07, 6.45) is 1.66. The van der Waals surface area contributed by atoms with Crippen LogP contribution in [-0.4, -0.2) is 16.6 Å². The van der Waals surface area contributed by atoms with Crippen molar-refractivity contribution in [1.29, 1.82) is 0 Å². The van der Waals surface area contributed by atoms with Crippen LogP contribution in [0.2, 0.25) is 0 Å². The fourth-order valence-electron chi connectivity index (χ4n) is 2.35. The fraction of sp³-hybridized carbons (Fsp3) is 0.0952. The lowest BCUT2D eigenvalue weighted by Gasteiger charge is -2.11. The molecule has 0 bridgehead atoms. The molecule has 0 fully saturated rings. The molecule has 3 rings (SSSR count). The Morgan fingerprint density at radius 3 is 2.56 bits per heavy atom. The lowest BCUT2D eigenvalue weighted by molar-refractivity contribution is 0.0950. The average molecular weight is 363 g/mol. The molecule has 3 aromatic rings. The molecular weight excluding hydrogens is 345 g/mol. The number of halogens is 1. The number of hydrogen-bond acceptors (Lipinski definition) is 4. The van der Waals surface area contributed by atoms with Gasteiger partial charge in [-0.05, 0) is 48.9 Å². The van der Waals surface area contributed by atoms with Gasteiger partial charge in [-0.25, -0.2) is 9.82 Å². The van der Waals surface area contributed by atoms with Crippen LogP contribution in [0, 0.1) is 5.82 Å². The Kier molecular flexibility index (Phi) is 5.89. The highest BCUT2D eigenvalue weighted by Crippen LogP contribution is 2.19. The van der Waals surface area contributed by atoms with Gasteiger partial charge < -0.3 is 4.74 Å². The Morgan fingerprint density at radius 1 is 1.07 bits per heavy atom. The third-order valence-electron chi connectivity index (χ3n) is 3.80. The van der Waals surface area contributed by atoms with Gasteiger partial charge in [-0.3, -0.25) is 9.78 Å². The number of ether oxygens (including phenoxy) is 1. The maximum absolute atomic E-state index is 13.0. The zero-order valence-corrected chi connectivity index (χ0v) is 14.7. The topological polar surface area (TPSA) is 63.6 Å². The van der Waals surface area contributed by atoms with Crippen molar-refractivity contribution < 1.29 is 13.9 Å². The van der Waals surface area contributed by atoms with Crippen LogP contribution in [0.15, 0.2) is 78.0 Å². The molecule has 5 nitrogen and oxygen atoms in total. The Balaban J connectivity index is 1.69. The maximum Gasteiger partial charge on any atom is 0.275 e. The molecule has 6 heteroatoms. The van der Waals surface area contributed by atoms with Crippen LogP contribution in [0.25, 0.3) is 0 Å². The van der Waals surface area contributed by atoms with Crippen molar-refractivity contribution in [2.24, 2.45) is 5.10 Å². The Labute approximate surface area is 156 Å². The molecule has 1 heterocycles. The first kappa shape index (κ1) is 18.3. The molecule has 2 aromatic carbocycles. The number of carbonyl (C=O) groups excluding carboxylic acids is 1. The molecule has 1 amide bonds. The molecule has 0 aliphatic heterocycles. The highest BCUT2D eigenvalue weighted by atomic mass is 19.1. The van der Waals surface area contributed by atoms with E-state index in [-0.39, 0.29) is 18.3 Å². The second-order valence-electron chi connectivity index (χ2n) is 5.76. The lowest BCUT2D eigenvalue weighted by Crippen LogP contribution is -2.20. The number of nitrogens with zero attached hydrogens (tertiary/aromatic N) is 2. The van der Waals surface area contributed by atoms with Gasteiger partial charge in [0.25, 0.3) is 5.91 Å². The van der Waals surface area contributed by atoms with Crippen LogP contribution in [0.1, 0.15) is 28.5 Å². The largest absolute Gasteiger partial charge is 0.488 e.